The number of hydrogen-bond acceptors (Lipinski definition) is 6. The first kappa shape index (κ1) is 36.7. The molecule has 4 heterocycles. The highest BCUT2D eigenvalue weighted by molar-refractivity contribution is 6.16. The van der Waals surface area contributed by atoms with Gasteiger partial charge < -0.3 is 0 Å². The Bertz CT molecular complexity index is 3930. The molecule has 0 aliphatic rings. The van der Waals surface area contributed by atoms with Crippen LogP contribution >= 0.6 is 0 Å². The molecule has 7 heteroatoms. The lowest BCUT2D eigenvalue weighted by Gasteiger charge is -2.14. The lowest BCUT2D eigenvalue weighted by molar-refractivity contribution is 1.08. The van der Waals surface area contributed by atoms with Gasteiger partial charge in [0.2, 0.25) is 0 Å². The summed E-state index contributed by atoms with van der Waals surface area (Å²) in [7, 11) is 0. The summed E-state index contributed by atoms with van der Waals surface area (Å²) in [5, 5.41) is 7.70. The van der Waals surface area contributed by atoms with E-state index in [1.165, 1.54) is 0 Å². The number of para-hydroxylation sites is 1. The molecular weight excluding hydrogens is 795 g/mol. The van der Waals surface area contributed by atoms with Crippen LogP contribution in [0.3, 0.4) is 0 Å². The SMILES string of the molecule is c1ccc(-c2nc(-c3ccccc3)nc(-c3cccc4ccc5ccc(-c6ccc7c8ccccc8n8c9nc(-c%10ccccc%10)c(-c%10ccccc%10)nc9nc8c7c6)cc5c34)n2)cc1. The Hall–Kier alpha value is -8.94. The van der Waals surface area contributed by atoms with Crippen molar-refractivity contribution in [3.05, 3.63) is 212 Å². The number of nitrogens with zero attached hydrogens (tertiary/aromatic N) is 7. The monoisotopic (exact) mass is 829 g/mol. The van der Waals surface area contributed by atoms with Crippen LogP contribution in [0.1, 0.15) is 0 Å². The lowest BCUT2D eigenvalue weighted by Crippen LogP contribution is -2.00. The Kier molecular flexibility index (Phi) is 8.39. The number of fused-ring (bicyclic) bond motifs is 11. The van der Waals surface area contributed by atoms with Crippen molar-refractivity contribution in [2.75, 3.05) is 0 Å². The fraction of sp³-hybridized carbons (Fsp3) is 0. The zero-order valence-corrected chi connectivity index (χ0v) is 34.8. The summed E-state index contributed by atoms with van der Waals surface area (Å²) in [6, 6.07) is 73.5. The number of rotatable bonds is 6. The molecule has 0 saturated carbocycles. The summed E-state index contributed by atoms with van der Waals surface area (Å²) in [5.41, 5.74) is 11.7. The van der Waals surface area contributed by atoms with Crippen LogP contribution < -0.4 is 0 Å². The first-order chi connectivity index (χ1) is 32.2. The van der Waals surface area contributed by atoms with Crippen LogP contribution in [0.25, 0.3) is 128 Å². The van der Waals surface area contributed by atoms with Gasteiger partial charge in [0.25, 0.3) is 0 Å². The summed E-state index contributed by atoms with van der Waals surface area (Å²) in [6.45, 7) is 0. The Balaban J connectivity index is 1.03. The van der Waals surface area contributed by atoms with Crippen molar-refractivity contribution < 1.29 is 0 Å². The van der Waals surface area contributed by atoms with Gasteiger partial charge in [-0.3, -0.25) is 4.40 Å². The average molecular weight is 830 g/mol. The number of imidazole rings is 1. The quantitative estimate of drug-likeness (QED) is 0.155. The predicted molar refractivity (Wildman–Crippen MR) is 264 cm³/mol. The van der Waals surface area contributed by atoms with E-state index in [0.29, 0.717) is 23.1 Å². The molecule has 65 heavy (non-hydrogen) atoms. The van der Waals surface area contributed by atoms with Crippen molar-refractivity contribution in [3.8, 4) is 67.8 Å². The van der Waals surface area contributed by atoms with Crippen LogP contribution in [-0.2, 0) is 0 Å². The van der Waals surface area contributed by atoms with Crippen LogP contribution in [0.5, 0.6) is 0 Å². The average Bonchev–Trinajstić information content (AvgIpc) is 3.78. The van der Waals surface area contributed by atoms with Gasteiger partial charge in [-0.25, -0.2) is 29.9 Å². The molecule has 0 spiro atoms. The van der Waals surface area contributed by atoms with Crippen molar-refractivity contribution in [2.45, 2.75) is 0 Å². The van der Waals surface area contributed by atoms with E-state index in [1.807, 2.05) is 97.1 Å². The maximum Gasteiger partial charge on any atom is 0.199 e. The number of hydrogen-bond donors (Lipinski definition) is 0. The Morgan fingerprint density at radius 2 is 0.831 bits per heavy atom. The molecule has 7 nitrogen and oxygen atoms in total. The molecule has 4 aromatic heterocycles. The molecule has 0 aliphatic carbocycles. The highest BCUT2D eigenvalue weighted by Gasteiger charge is 2.21. The first-order valence-corrected chi connectivity index (χ1v) is 21.7. The van der Waals surface area contributed by atoms with E-state index in [0.717, 1.165) is 105 Å². The van der Waals surface area contributed by atoms with Gasteiger partial charge in [0.15, 0.2) is 28.8 Å². The molecule has 0 amide bonds. The van der Waals surface area contributed by atoms with Crippen LogP contribution in [0.15, 0.2) is 212 Å². The molecule has 0 atom stereocenters. The molecular formula is C58H35N7. The van der Waals surface area contributed by atoms with E-state index in [4.69, 9.17) is 29.9 Å². The summed E-state index contributed by atoms with van der Waals surface area (Å²) in [5.74, 6) is 1.89. The molecule has 0 saturated heterocycles. The van der Waals surface area contributed by atoms with E-state index in [-0.39, 0.29) is 0 Å². The Morgan fingerprint density at radius 1 is 0.292 bits per heavy atom. The number of aromatic nitrogens is 7. The minimum absolute atomic E-state index is 0.598. The predicted octanol–water partition coefficient (Wildman–Crippen LogP) is 14.1. The minimum Gasteiger partial charge on any atom is -0.275 e. The van der Waals surface area contributed by atoms with Crippen molar-refractivity contribution in [2.24, 2.45) is 0 Å². The molecule has 13 aromatic rings. The van der Waals surface area contributed by atoms with Crippen LogP contribution in [0.2, 0.25) is 0 Å². The van der Waals surface area contributed by atoms with Gasteiger partial charge >= 0.3 is 0 Å². The lowest BCUT2D eigenvalue weighted by atomic mass is 9.93. The van der Waals surface area contributed by atoms with Crippen LogP contribution in [-0.4, -0.2) is 34.3 Å². The molecule has 0 fully saturated rings. The number of pyridine rings is 1. The van der Waals surface area contributed by atoms with Gasteiger partial charge in [0, 0.05) is 44.0 Å². The second-order valence-electron chi connectivity index (χ2n) is 16.3. The second-order valence-corrected chi connectivity index (χ2v) is 16.3. The highest BCUT2D eigenvalue weighted by Crippen LogP contribution is 2.40. The van der Waals surface area contributed by atoms with Crippen LogP contribution in [0.4, 0.5) is 0 Å². The molecule has 0 radical (unpaired) electrons. The van der Waals surface area contributed by atoms with Gasteiger partial charge in [-0.2, -0.15) is 0 Å². The summed E-state index contributed by atoms with van der Waals surface area (Å²) in [6.07, 6.45) is 0. The summed E-state index contributed by atoms with van der Waals surface area (Å²) in [4.78, 5) is 31.3. The smallest absolute Gasteiger partial charge is 0.199 e. The van der Waals surface area contributed by atoms with Crippen molar-refractivity contribution in [1.29, 1.82) is 0 Å². The van der Waals surface area contributed by atoms with Gasteiger partial charge in [-0.05, 0) is 50.9 Å². The zero-order valence-electron chi connectivity index (χ0n) is 34.8. The number of benzene rings is 9. The van der Waals surface area contributed by atoms with Gasteiger partial charge in [-0.1, -0.05) is 194 Å². The fourth-order valence-electron chi connectivity index (χ4n) is 9.34. The van der Waals surface area contributed by atoms with E-state index in [2.05, 4.69) is 120 Å². The Labute approximate surface area is 373 Å². The molecule has 0 N–H and O–H groups in total. The van der Waals surface area contributed by atoms with Crippen molar-refractivity contribution in [3.63, 3.8) is 0 Å². The van der Waals surface area contributed by atoms with Gasteiger partial charge in [0.1, 0.15) is 5.65 Å². The third kappa shape index (κ3) is 6.13. The summed E-state index contributed by atoms with van der Waals surface area (Å²) < 4.78 is 2.19. The maximum atomic E-state index is 5.41. The van der Waals surface area contributed by atoms with E-state index >= 15 is 0 Å². The highest BCUT2D eigenvalue weighted by atomic mass is 15.1. The molecule has 0 unspecified atom stereocenters. The van der Waals surface area contributed by atoms with Gasteiger partial charge in [-0.15, -0.1) is 0 Å². The molecule has 0 aliphatic heterocycles. The maximum absolute atomic E-state index is 5.41. The Morgan fingerprint density at radius 3 is 1.51 bits per heavy atom. The second kappa shape index (κ2) is 14.9. The molecule has 302 valence electrons. The first-order valence-electron chi connectivity index (χ1n) is 21.7. The molecule has 9 aromatic carbocycles. The van der Waals surface area contributed by atoms with E-state index < -0.39 is 0 Å². The van der Waals surface area contributed by atoms with Gasteiger partial charge in [0.05, 0.1) is 16.9 Å². The van der Waals surface area contributed by atoms with Crippen molar-refractivity contribution in [1.82, 2.24) is 34.3 Å². The van der Waals surface area contributed by atoms with E-state index in [9.17, 15) is 0 Å². The topological polar surface area (TPSA) is 81.8 Å². The van der Waals surface area contributed by atoms with Crippen molar-refractivity contribution >= 4 is 60.2 Å². The standard InChI is InChI=1S/C58H35N7/c1-5-16-38(17-6-1)51-52(39-18-7-2-8-19-39)60-58-56(59-51)64-57-48-35-43(32-33-44(48)45-25-13-14-27-49(45)65(57)58)42-31-29-36-28-30-37-24-15-26-46(50(37)47(36)34-42)55-62-53(40-20-9-3-10-21-40)61-54(63-55)41-22-11-4-12-23-41/h1-35H. The minimum atomic E-state index is 0.598. The fourth-order valence-corrected chi connectivity index (χ4v) is 9.34. The van der Waals surface area contributed by atoms with Crippen LogP contribution in [0, 0.1) is 0 Å². The third-order valence-corrected chi connectivity index (χ3v) is 12.4. The van der Waals surface area contributed by atoms with E-state index in [1.54, 1.807) is 0 Å². The summed E-state index contributed by atoms with van der Waals surface area (Å²) >= 11 is 0. The molecule has 13 rings (SSSR count). The normalized spacial score (nSPS) is 11.7. The zero-order chi connectivity index (χ0) is 42.8. The largest absolute Gasteiger partial charge is 0.275 e. The molecule has 0 bridgehead atoms. The third-order valence-electron chi connectivity index (χ3n) is 12.4.